The van der Waals surface area contributed by atoms with E-state index in [4.69, 9.17) is 9.47 Å². The minimum absolute atomic E-state index is 0.382. The Balaban J connectivity index is 1.98. The highest BCUT2D eigenvalue weighted by atomic mass is 16.5. The second kappa shape index (κ2) is 5.51. The van der Waals surface area contributed by atoms with Crippen LogP contribution >= 0.6 is 0 Å². The van der Waals surface area contributed by atoms with Gasteiger partial charge in [-0.15, -0.1) is 0 Å². The normalized spacial score (nSPS) is 29.5. The third-order valence-electron chi connectivity index (χ3n) is 2.31. The molecule has 1 aliphatic heterocycles. The highest BCUT2D eigenvalue weighted by Crippen LogP contribution is 2.11. The van der Waals surface area contributed by atoms with Crippen LogP contribution in [-0.2, 0) is 9.47 Å². The predicted octanol–water partition coefficient (Wildman–Crippen LogP) is 0.790. The van der Waals surface area contributed by atoms with Gasteiger partial charge in [-0.1, -0.05) is 0 Å². The number of methoxy groups -OCH3 is 1. The number of nitrogens with one attached hydrogen (secondary N) is 1. The van der Waals surface area contributed by atoms with Crippen molar-refractivity contribution in [2.45, 2.75) is 31.9 Å². The zero-order chi connectivity index (χ0) is 8.81. The molecule has 0 bridgehead atoms. The van der Waals surface area contributed by atoms with E-state index in [0.29, 0.717) is 12.1 Å². The summed E-state index contributed by atoms with van der Waals surface area (Å²) < 4.78 is 10.4. The first kappa shape index (κ1) is 9.96. The van der Waals surface area contributed by atoms with E-state index in [1.54, 1.807) is 7.11 Å². The Bertz CT molecular complexity index is 119. The fourth-order valence-electron chi connectivity index (χ4n) is 1.50. The molecule has 0 spiro atoms. The van der Waals surface area contributed by atoms with E-state index in [1.165, 1.54) is 0 Å². The molecule has 1 aliphatic rings. The van der Waals surface area contributed by atoms with Crippen LogP contribution in [0.25, 0.3) is 0 Å². The van der Waals surface area contributed by atoms with Gasteiger partial charge >= 0.3 is 0 Å². The fraction of sp³-hybridized carbons (Fsp3) is 1.00. The van der Waals surface area contributed by atoms with Gasteiger partial charge in [-0.05, 0) is 26.3 Å². The predicted molar refractivity (Wildman–Crippen MR) is 48.3 cm³/mol. The van der Waals surface area contributed by atoms with Crippen molar-refractivity contribution in [3.63, 3.8) is 0 Å². The van der Waals surface area contributed by atoms with Crippen LogP contribution in [0.1, 0.15) is 19.8 Å². The van der Waals surface area contributed by atoms with Crippen molar-refractivity contribution in [1.82, 2.24) is 5.32 Å². The summed E-state index contributed by atoms with van der Waals surface area (Å²) in [6, 6.07) is 0.557. The first-order chi connectivity index (χ1) is 5.84. The van der Waals surface area contributed by atoms with E-state index in [9.17, 15) is 0 Å². The molecule has 0 radical (unpaired) electrons. The zero-order valence-electron chi connectivity index (χ0n) is 8.01. The summed E-state index contributed by atoms with van der Waals surface area (Å²) in [4.78, 5) is 0. The van der Waals surface area contributed by atoms with Crippen LogP contribution in [0.3, 0.4) is 0 Å². The first-order valence-corrected chi connectivity index (χ1v) is 4.68. The molecule has 1 rings (SSSR count). The zero-order valence-corrected chi connectivity index (χ0v) is 8.01. The van der Waals surface area contributed by atoms with Crippen molar-refractivity contribution in [1.29, 1.82) is 0 Å². The van der Waals surface area contributed by atoms with Crippen LogP contribution in [0.15, 0.2) is 0 Å². The molecule has 0 aromatic rings. The Hall–Kier alpha value is -0.120. The molecule has 0 unspecified atom stereocenters. The SMILES string of the molecule is COCCCN[C@H]1CCO[C@@H]1C. The topological polar surface area (TPSA) is 30.5 Å². The molecule has 0 amide bonds. The highest BCUT2D eigenvalue weighted by molar-refractivity contribution is 4.78. The maximum Gasteiger partial charge on any atom is 0.0700 e. The minimum atomic E-state index is 0.382. The van der Waals surface area contributed by atoms with E-state index < -0.39 is 0 Å². The minimum Gasteiger partial charge on any atom is -0.385 e. The summed E-state index contributed by atoms with van der Waals surface area (Å²) in [6.07, 6.45) is 2.61. The molecule has 12 heavy (non-hydrogen) atoms. The van der Waals surface area contributed by atoms with Crippen LogP contribution in [-0.4, -0.2) is 39.0 Å². The summed E-state index contributed by atoms with van der Waals surface area (Å²) in [5.41, 5.74) is 0. The molecular weight excluding hydrogens is 154 g/mol. The van der Waals surface area contributed by atoms with Gasteiger partial charge in [0.15, 0.2) is 0 Å². The molecular formula is C9H19NO2. The Morgan fingerprint density at radius 3 is 3.00 bits per heavy atom. The molecule has 0 saturated carbocycles. The number of ether oxygens (including phenoxy) is 2. The average Bonchev–Trinajstić information content (AvgIpc) is 2.46. The van der Waals surface area contributed by atoms with Crippen molar-refractivity contribution in [2.75, 3.05) is 26.9 Å². The fourth-order valence-corrected chi connectivity index (χ4v) is 1.50. The first-order valence-electron chi connectivity index (χ1n) is 4.68. The molecule has 1 saturated heterocycles. The molecule has 1 N–H and O–H groups in total. The van der Waals surface area contributed by atoms with Crippen molar-refractivity contribution in [3.8, 4) is 0 Å². The average molecular weight is 173 g/mol. The Morgan fingerprint density at radius 2 is 2.42 bits per heavy atom. The summed E-state index contributed by atoms with van der Waals surface area (Å²) in [6.45, 7) is 4.91. The van der Waals surface area contributed by atoms with Gasteiger partial charge in [-0.3, -0.25) is 0 Å². The van der Waals surface area contributed by atoms with E-state index in [2.05, 4.69) is 12.2 Å². The van der Waals surface area contributed by atoms with Crippen molar-refractivity contribution >= 4 is 0 Å². The number of rotatable bonds is 5. The van der Waals surface area contributed by atoms with Gasteiger partial charge in [0.1, 0.15) is 0 Å². The lowest BCUT2D eigenvalue weighted by molar-refractivity contribution is 0.112. The largest absolute Gasteiger partial charge is 0.385 e. The Morgan fingerprint density at radius 1 is 1.58 bits per heavy atom. The van der Waals surface area contributed by atoms with E-state index in [0.717, 1.165) is 32.6 Å². The molecule has 1 fully saturated rings. The number of hydrogen-bond donors (Lipinski definition) is 1. The third kappa shape index (κ3) is 3.09. The van der Waals surface area contributed by atoms with Crippen LogP contribution in [0, 0.1) is 0 Å². The van der Waals surface area contributed by atoms with Gasteiger partial charge in [0, 0.05) is 26.4 Å². The van der Waals surface area contributed by atoms with Crippen molar-refractivity contribution < 1.29 is 9.47 Å². The molecule has 0 aromatic heterocycles. The van der Waals surface area contributed by atoms with Crippen LogP contribution < -0.4 is 5.32 Å². The van der Waals surface area contributed by atoms with Crippen LogP contribution in [0.5, 0.6) is 0 Å². The summed E-state index contributed by atoms with van der Waals surface area (Å²) in [5.74, 6) is 0. The maximum absolute atomic E-state index is 5.43. The molecule has 3 nitrogen and oxygen atoms in total. The van der Waals surface area contributed by atoms with E-state index >= 15 is 0 Å². The summed E-state index contributed by atoms with van der Waals surface area (Å²) in [5, 5.41) is 3.46. The van der Waals surface area contributed by atoms with Crippen LogP contribution in [0.4, 0.5) is 0 Å². The summed E-state index contributed by atoms with van der Waals surface area (Å²) in [7, 11) is 1.74. The molecule has 3 heteroatoms. The molecule has 1 heterocycles. The summed E-state index contributed by atoms with van der Waals surface area (Å²) >= 11 is 0. The molecule has 72 valence electrons. The van der Waals surface area contributed by atoms with Gasteiger partial charge in [0.05, 0.1) is 6.10 Å². The van der Waals surface area contributed by atoms with Crippen LogP contribution in [0.2, 0.25) is 0 Å². The highest BCUT2D eigenvalue weighted by Gasteiger charge is 2.22. The molecule has 0 aliphatic carbocycles. The quantitative estimate of drug-likeness (QED) is 0.623. The van der Waals surface area contributed by atoms with Gasteiger partial charge in [-0.25, -0.2) is 0 Å². The Labute approximate surface area is 74.4 Å². The van der Waals surface area contributed by atoms with Gasteiger partial charge in [0.25, 0.3) is 0 Å². The van der Waals surface area contributed by atoms with E-state index in [1.807, 2.05) is 0 Å². The lowest BCUT2D eigenvalue weighted by Gasteiger charge is -2.15. The maximum atomic E-state index is 5.43. The Kier molecular flexibility index (Phi) is 4.58. The van der Waals surface area contributed by atoms with E-state index in [-0.39, 0.29) is 0 Å². The molecule has 0 aromatic carbocycles. The standard InChI is InChI=1S/C9H19NO2/c1-8-9(4-7-12-8)10-5-3-6-11-2/h8-10H,3-7H2,1-2H3/t8-,9+/m1/s1. The van der Waals surface area contributed by atoms with Crippen molar-refractivity contribution in [2.24, 2.45) is 0 Å². The third-order valence-corrected chi connectivity index (χ3v) is 2.31. The molecule has 2 atom stereocenters. The second-order valence-corrected chi connectivity index (χ2v) is 3.27. The second-order valence-electron chi connectivity index (χ2n) is 3.27. The van der Waals surface area contributed by atoms with Gasteiger partial charge in [0.2, 0.25) is 0 Å². The lowest BCUT2D eigenvalue weighted by Crippen LogP contribution is -2.35. The van der Waals surface area contributed by atoms with Gasteiger partial charge in [-0.2, -0.15) is 0 Å². The van der Waals surface area contributed by atoms with Crippen molar-refractivity contribution in [3.05, 3.63) is 0 Å². The lowest BCUT2D eigenvalue weighted by atomic mass is 10.1. The smallest absolute Gasteiger partial charge is 0.0700 e. The number of hydrogen-bond acceptors (Lipinski definition) is 3. The van der Waals surface area contributed by atoms with Gasteiger partial charge < -0.3 is 14.8 Å². The monoisotopic (exact) mass is 173 g/mol.